The molecule has 1 aromatic carbocycles. The van der Waals surface area contributed by atoms with Gasteiger partial charge in [0.1, 0.15) is 0 Å². The van der Waals surface area contributed by atoms with Gasteiger partial charge >= 0.3 is 6.03 Å². The molecular formula is C13H17Cl2N3O2. The zero-order valence-electron chi connectivity index (χ0n) is 11.2. The van der Waals surface area contributed by atoms with Crippen molar-refractivity contribution < 1.29 is 9.53 Å². The Balaban J connectivity index is 2.13. The molecule has 1 aliphatic rings. The number of nitrogens with two attached hydrogens (primary N) is 1. The molecular weight excluding hydrogens is 301 g/mol. The Morgan fingerprint density at radius 2 is 2.30 bits per heavy atom. The number of hydrogen-bond acceptors (Lipinski definition) is 3. The number of aryl methyl sites for hydroxylation is 1. The monoisotopic (exact) mass is 317 g/mol. The van der Waals surface area contributed by atoms with E-state index in [1.54, 1.807) is 6.07 Å². The van der Waals surface area contributed by atoms with Gasteiger partial charge in [-0.25, -0.2) is 4.79 Å². The van der Waals surface area contributed by atoms with Crippen LogP contribution in [0.4, 0.5) is 10.5 Å². The predicted octanol–water partition coefficient (Wildman–Crippen LogP) is 2.18. The molecule has 1 aliphatic heterocycles. The average molecular weight is 318 g/mol. The number of halogens is 2. The fourth-order valence-electron chi connectivity index (χ4n) is 2.29. The summed E-state index contributed by atoms with van der Waals surface area (Å²) >= 11 is 12.4. The van der Waals surface area contributed by atoms with Crippen LogP contribution in [0.3, 0.4) is 0 Å². The van der Waals surface area contributed by atoms with Crippen molar-refractivity contribution in [2.24, 2.45) is 5.73 Å². The summed E-state index contributed by atoms with van der Waals surface area (Å²) in [5.41, 5.74) is 7.05. The largest absolute Gasteiger partial charge is 0.373 e. The summed E-state index contributed by atoms with van der Waals surface area (Å²) in [5, 5.41) is 3.64. The van der Waals surface area contributed by atoms with Gasteiger partial charge in [0, 0.05) is 19.6 Å². The highest BCUT2D eigenvalue weighted by Gasteiger charge is 2.24. The normalized spacial score (nSPS) is 18.9. The number of nitrogens with zero attached hydrogens (tertiary/aromatic N) is 1. The fourth-order valence-corrected chi connectivity index (χ4v) is 2.77. The molecule has 0 unspecified atom stereocenters. The van der Waals surface area contributed by atoms with E-state index in [0.29, 0.717) is 29.7 Å². The second-order valence-corrected chi connectivity index (χ2v) is 5.50. The number of carbonyl (C=O) groups excluding carboxylic acids is 1. The number of morpholine rings is 1. The van der Waals surface area contributed by atoms with E-state index in [9.17, 15) is 4.79 Å². The Kier molecular flexibility index (Phi) is 4.96. The van der Waals surface area contributed by atoms with Gasteiger partial charge in [0.15, 0.2) is 0 Å². The quantitative estimate of drug-likeness (QED) is 0.897. The first-order valence-electron chi connectivity index (χ1n) is 6.33. The molecule has 0 saturated carbocycles. The van der Waals surface area contributed by atoms with Crippen LogP contribution in [-0.4, -0.2) is 38.4 Å². The summed E-state index contributed by atoms with van der Waals surface area (Å²) in [6, 6.07) is 3.17. The van der Waals surface area contributed by atoms with Gasteiger partial charge < -0.3 is 20.7 Å². The molecule has 7 heteroatoms. The molecule has 0 aliphatic carbocycles. The van der Waals surface area contributed by atoms with Crippen LogP contribution in [0, 0.1) is 6.92 Å². The second kappa shape index (κ2) is 6.52. The number of anilines is 1. The standard InChI is InChI=1S/C13H17Cl2N3O2/c1-8-2-3-10(14)11(15)12(8)18-4-5-20-9(7-18)6-17-13(16)19/h2-3,9H,4-7H2,1H3,(H3,16,17,19)/t9-/m0/s1. The summed E-state index contributed by atoms with van der Waals surface area (Å²) in [5.74, 6) is 0. The Morgan fingerprint density at radius 1 is 1.55 bits per heavy atom. The summed E-state index contributed by atoms with van der Waals surface area (Å²) < 4.78 is 5.60. The van der Waals surface area contributed by atoms with Gasteiger partial charge in [0.05, 0.1) is 28.4 Å². The number of ether oxygens (including phenoxy) is 1. The lowest BCUT2D eigenvalue weighted by molar-refractivity contribution is 0.0426. The Bertz CT molecular complexity index is 511. The van der Waals surface area contributed by atoms with E-state index in [1.807, 2.05) is 13.0 Å². The van der Waals surface area contributed by atoms with Crippen molar-refractivity contribution in [3.05, 3.63) is 27.7 Å². The van der Waals surface area contributed by atoms with Crippen molar-refractivity contribution in [3.63, 3.8) is 0 Å². The number of urea groups is 1. The minimum atomic E-state index is -0.553. The maximum absolute atomic E-state index is 10.7. The minimum absolute atomic E-state index is 0.120. The van der Waals surface area contributed by atoms with E-state index >= 15 is 0 Å². The lowest BCUT2D eigenvalue weighted by atomic mass is 10.1. The summed E-state index contributed by atoms with van der Waals surface area (Å²) in [6.45, 7) is 4.29. The van der Waals surface area contributed by atoms with Crippen LogP contribution in [0.1, 0.15) is 5.56 Å². The molecule has 1 heterocycles. The zero-order valence-corrected chi connectivity index (χ0v) is 12.7. The number of hydrogen-bond donors (Lipinski definition) is 2. The number of carbonyl (C=O) groups is 1. The lowest BCUT2D eigenvalue weighted by Crippen LogP contribution is -2.48. The van der Waals surface area contributed by atoms with Gasteiger partial charge in [0.2, 0.25) is 0 Å². The second-order valence-electron chi connectivity index (χ2n) is 4.71. The van der Waals surface area contributed by atoms with Crippen molar-refractivity contribution in [1.29, 1.82) is 0 Å². The molecule has 0 spiro atoms. The molecule has 2 amide bonds. The van der Waals surface area contributed by atoms with Crippen LogP contribution in [0.5, 0.6) is 0 Å². The molecule has 1 aromatic rings. The average Bonchev–Trinajstić information content (AvgIpc) is 2.42. The van der Waals surface area contributed by atoms with Crippen molar-refractivity contribution in [2.75, 3.05) is 31.1 Å². The minimum Gasteiger partial charge on any atom is -0.373 e. The van der Waals surface area contributed by atoms with Crippen LogP contribution in [0.2, 0.25) is 10.0 Å². The topological polar surface area (TPSA) is 67.6 Å². The van der Waals surface area contributed by atoms with E-state index in [0.717, 1.165) is 17.8 Å². The van der Waals surface area contributed by atoms with E-state index < -0.39 is 6.03 Å². The van der Waals surface area contributed by atoms with E-state index in [2.05, 4.69) is 10.2 Å². The van der Waals surface area contributed by atoms with Gasteiger partial charge in [-0.15, -0.1) is 0 Å². The molecule has 110 valence electrons. The fraction of sp³-hybridized carbons (Fsp3) is 0.462. The van der Waals surface area contributed by atoms with E-state index in [1.165, 1.54) is 0 Å². The SMILES string of the molecule is Cc1ccc(Cl)c(Cl)c1N1CCO[C@@H](CNC(N)=O)C1. The maximum atomic E-state index is 10.7. The molecule has 2 rings (SSSR count). The third kappa shape index (κ3) is 3.48. The van der Waals surface area contributed by atoms with Crippen molar-refractivity contribution in [3.8, 4) is 0 Å². The van der Waals surface area contributed by atoms with Gasteiger partial charge in [-0.2, -0.15) is 0 Å². The Hall–Kier alpha value is -1.17. The summed E-state index contributed by atoms with van der Waals surface area (Å²) in [7, 11) is 0. The number of rotatable bonds is 3. The Morgan fingerprint density at radius 3 is 3.00 bits per heavy atom. The molecule has 1 fully saturated rings. The summed E-state index contributed by atoms with van der Waals surface area (Å²) in [6.07, 6.45) is -0.120. The number of nitrogens with one attached hydrogen (secondary N) is 1. The lowest BCUT2D eigenvalue weighted by Gasteiger charge is -2.36. The third-order valence-corrected chi connectivity index (χ3v) is 4.02. The molecule has 3 N–H and O–H groups in total. The van der Waals surface area contributed by atoms with Crippen LogP contribution in [-0.2, 0) is 4.74 Å². The molecule has 0 radical (unpaired) electrons. The first-order chi connectivity index (χ1) is 9.49. The molecule has 0 bridgehead atoms. The maximum Gasteiger partial charge on any atom is 0.312 e. The molecule has 5 nitrogen and oxygen atoms in total. The first kappa shape index (κ1) is 15.2. The highest BCUT2D eigenvalue weighted by atomic mass is 35.5. The highest BCUT2D eigenvalue weighted by Crippen LogP contribution is 2.36. The van der Waals surface area contributed by atoms with Crippen molar-refractivity contribution >= 4 is 34.9 Å². The van der Waals surface area contributed by atoms with Crippen molar-refractivity contribution in [2.45, 2.75) is 13.0 Å². The first-order valence-corrected chi connectivity index (χ1v) is 7.09. The van der Waals surface area contributed by atoms with Crippen LogP contribution < -0.4 is 16.0 Å². The summed E-state index contributed by atoms with van der Waals surface area (Å²) in [4.78, 5) is 12.9. The molecule has 1 saturated heterocycles. The smallest absolute Gasteiger partial charge is 0.312 e. The molecule has 0 aromatic heterocycles. The number of amides is 2. The van der Waals surface area contributed by atoms with Gasteiger partial charge in [0.25, 0.3) is 0 Å². The molecule has 20 heavy (non-hydrogen) atoms. The molecule has 1 atom stereocenters. The third-order valence-electron chi connectivity index (χ3n) is 3.23. The number of primary amides is 1. The Labute approximate surface area is 128 Å². The van der Waals surface area contributed by atoms with Gasteiger partial charge in [-0.1, -0.05) is 29.3 Å². The van der Waals surface area contributed by atoms with Crippen LogP contribution in [0.25, 0.3) is 0 Å². The number of benzene rings is 1. The van der Waals surface area contributed by atoms with E-state index in [4.69, 9.17) is 33.7 Å². The highest BCUT2D eigenvalue weighted by molar-refractivity contribution is 6.43. The van der Waals surface area contributed by atoms with Gasteiger partial charge in [-0.3, -0.25) is 0 Å². The van der Waals surface area contributed by atoms with Crippen LogP contribution >= 0.6 is 23.2 Å². The predicted molar refractivity (Wildman–Crippen MR) is 80.7 cm³/mol. The van der Waals surface area contributed by atoms with Crippen molar-refractivity contribution in [1.82, 2.24) is 5.32 Å². The zero-order chi connectivity index (χ0) is 14.7. The van der Waals surface area contributed by atoms with Crippen LogP contribution in [0.15, 0.2) is 12.1 Å². The van der Waals surface area contributed by atoms with E-state index in [-0.39, 0.29) is 6.10 Å². The van der Waals surface area contributed by atoms with Gasteiger partial charge in [-0.05, 0) is 18.6 Å².